The van der Waals surface area contributed by atoms with Crippen LogP contribution in [0.3, 0.4) is 0 Å². The lowest BCUT2D eigenvalue weighted by atomic mass is 9.95. The third-order valence-corrected chi connectivity index (χ3v) is 6.26. The van der Waals surface area contributed by atoms with E-state index in [0.717, 1.165) is 41.0 Å². The molecule has 3 N–H and O–H groups in total. The average molecular weight is 465 g/mol. The van der Waals surface area contributed by atoms with E-state index in [0.29, 0.717) is 5.82 Å². The van der Waals surface area contributed by atoms with Crippen LogP contribution < -0.4 is 20.9 Å². The Balaban J connectivity index is 1.59. The van der Waals surface area contributed by atoms with Crippen molar-refractivity contribution in [3.63, 3.8) is 0 Å². The van der Waals surface area contributed by atoms with Crippen LogP contribution in [0.2, 0.25) is 0 Å². The second-order valence-corrected chi connectivity index (χ2v) is 8.68. The molecule has 0 unspecified atom stereocenters. The number of rotatable bonds is 5. The Bertz CT molecular complexity index is 1420. The Morgan fingerprint density at radius 3 is 2.71 bits per heavy atom. The summed E-state index contributed by atoms with van der Waals surface area (Å²) >= 11 is 0. The van der Waals surface area contributed by atoms with Crippen LogP contribution in [0.4, 0.5) is 23.0 Å². The first-order valence-corrected chi connectivity index (χ1v) is 11.0. The van der Waals surface area contributed by atoms with Crippen LogP contribution in [0.15, 0.2) is 18.5 Å². The van der Waals surface area contributed by atoms with E-state index in [1.165, 1.54) is 17.1 Å². The molecule has 1 aliphatic carbocycles. The number of carbonyl (C=O) groups excluding carboxylic acids is 2. The molecule has 2 aliphatic rings. The molecule has 11 nitrogen and oxygen atoms in total. The summed E-state index contributed by atoms with van der Waals surface area (Å²) in [5.74, 6) is -0.357. The predicted molar refractivity (Wildman–Crippen MR) is 128 cm³/mol. The van der Waals surface area contributed by atoms with Gasteiger partial charge in [-0.15, -0.1) is 0 Å². The first-order valence-electron chi connectivity index (χ1n) is 12.5. The van der Waals surface area contributed by atoms with Gasteiger partial charge in [0.1, 0.15) is 17.2 Å². The van der Waals surface area contributed by atoms with E-state index in [1.807, 2.05) is 31.1 Å². The van der Waals surface area contributed by atoms with Crippen molar-refractivity contribution in [2.45, 2.75) is 32.7 Å². The smallest absolute Gasteiger partial charge is 0.254 e. The summed E-state index contributed by atoms with van der Waals surface area (Å²) in [6.45, 7) is 1.26. The summed E-state index contributed by atoms with van der Waals surface area (Å²) < 4.78 is 22.3. The lowest BCUT2D eigenvalue weighted by Crippen LogP contribution is -2.28. The van der Waals surface area contributed by atoms with Gasteiger partial charge in [-0.25, -0.2) is 9.97 Å². The molecule has 34 heavy (non-hydrogen) atoms. The Kier molecular flexibility index (Phi) is 4.38. The highest BCUT2D eigenvalue weighted by molar-refractivity contribution is 6.02. The summed E-state index contributed by atoms with van der Waals surface area (Å²) in [6, 6.07) is 1.40. The molecule has 1 saturated carbocycles. The van der Waals surface area contributed by atoms with E-state index in [9.17, 15) is 9.59 Å². The maximum Gasteiger partial charge on any atom is 0.254 e. The molecule has 0 radical (unpaired) electrons. The average Bonchev–Trinajstić information content (AvgIpc) is 3.59. The first-order chi connectivity index (χ1) is 17.4. The highest BCUT2D eigenvalue weighted by atomic mass is 16.2. The van der Waals surface area contributed by atoms with Gasteiger partial charge in [-0.1, -0.05) is 0 Å². The molecule has 0 aromatic carbocycles. The molecule has 0 bridgehead atoms. The van der Waals surface area contributed by atoms with E-state index in [4.69, 9.17) is 4.11 Å². The SMILES string of the molecule is [2H]C([2H])([2H])NC(=O)c1cnc(NC(=O)C2CC2)cc1Nc1ncc(C)c2c1N(C)[C@@H](C)c1nn(C)nc1-2. The Hall–Kier alpha value is -4.02. The van der Waals surface area contributed by atoms with Crippen molar-refractivity contribution in [1.82, 2.24) is 30.3 Å². The molecule has 1 atom stereocenters. The van der Waals surface area contributed by atoms with Gasteiger partial charge in [0.25, 0.3) is 5.91 Å². The number of amides is 2. The molecule has 4 heterocycles. The highest BCUT2D eigenvalue weighted by Crippen LogP contribution is 2.47. The summed E-state index contributed by atoms with van der Waals surface area (Å²) in [7, 11) is 3.69. The van der Waals surface area contributed by atoms with E-state index in [2.05, 4.69) is 30.8 Å². The number of pyridine rings is 2. The lowest BCUT2D eigenvalue weighted by molar-refractivity contribution is -0.117. The number of fused-ring (bicyclic) bond motifs is 3. The number of aromatic nitrogens is 5. The van der Waals surface area contributed by atoms with Crippen LogP contribution >= 0.6 is 0 Å². The molecular weight excluding hydrogens is 434 g/mol. The van der Waals surface area contributed by atoms with Gasteiger partial charge in [0, 0.05) is 55.1 Å². The Morgan fingerprint density at radius 2 is 1.97 bits per heavy atom. The maximum atomic E-state index is 12.9. The van der Waals surface area contributed by atoms with Crippen LogP contribution in [0.1, 0.15) is 51.5 Å². The molecule has 0 spiro atoms. The number of hydrogen-bond acceptors (Lipinski definition) is 8. The molecule has 1 fully saturated rings. The third kappa shape index (κ3) is 3.62. The second-order valence-electron chi connectivity index (χ2n) is 8.68. The van der Waals surface area contributed by atoms with Crippen molar-refractivity contribution in [3.8, 4) is 11.3 Å². The molecule has 1 aliphatic heterocycles. The zero-order valence-electron chi connectivity index (χ0n) is 22.3. The topological polar surface area (TPSA) is 130 Å². The van der Waals surface area contributed by atoms with Crippen LogP contribution in [-0.2, 0) is 11.8 Å². The van der Waals surface area contributed by atoms with Crippen LogP contribution in [0, 0.1) is 12.8 Å². The molecular formula is C23H27N9O2. The standard InChI is InChI=1S/C23H27N9O2/c1-11-9-26-21(20-17(11)19-18(12(2)31(20)4)29-32(5)30-19)27-15-8-16(28-22(33)13-6-7-13)25-10-14(15)23(34)24-3/h8-10,12-13H,6-7H2,1-5H3,(H,24,34)(H2,25,26,27,28,33)/t12-/m0/s1/i3D3. The molecule has 0 saturated heterocycles. The van der Waals surface area contributed by atoms with Gasteiger partial charge < -0.3 is 20.9 Å². The molecule has 3 aromatic rings. The minimum Gasteiger partial charge on any atom is -0.363 e. The monoisotopic (exact) mass is 464 g/mol. The molecule has 3 aromatic heterocycles. The summed E-state index contributed by atoms with van der Waals surface area (Å²) in [4.78, 5) is 37.5. The maximum absolute atomic E-state index is 12.9. The van der Waals surface area contributed by atoms with Crippen LogP contribution in [-0.4, -0.2) is 50.8 Å². The van der Waals surface area contributed by atoms with Crippen molar-refractivity contribution in [1.29, 1.82) is 0 Å². The largest absolute Gasteiger partial charge is 0.363 e. The number of aryl methyl sites for hydroxylation is 2. The zero-order chi connectivity index (χ0) is 26.6. The zero-order valence-corrected chi connectivity index (χ0v) is 19.3. The fourth-order valence-corrected chi connectivity index (χ4v) is 4.16. The molecule has 11 heteroatoms. The fourth-order valence-electron chi connectivity index (χ4n) is 4.16. The minimum atomic E-state index is -2.69. The first kappa shape index (κ1) is 18.4. The summed E-state index contributed by atoms with van der Waals surface area (Å²) in [5.41, 5.74) is 4.32. The molecule has 2 amide bonds. The number of carbonyl (C=O) groups is 2. The van der Waals surface area contributed by atoms with E-state index in [-0.39, 0.29) is 34.9 Å². The second kappa shape index (κ2) is 8.08. The Labute approximate surface area is 201 Å². The Morgan fingerprint density at radius 1 is 1.18 bits per heavy atom. The lowest BCUT2D eigenvalue weighted by Gasteiger charge is -2.34. The molecule has 176 valence electrons. The van der Waals surface area contributed by atoms with Gasteiger partial charge in [0.05, 0.1) is 23.0 Å². The van der Waals surface area contributed by atoms with Crippen molar-refractivity contribution in [3.05, 3.63) is 35.3 Å². The van der Waals surface area contributed by atoms with Gasteiger partial charge in [-0.3, -0.25) is 9.59 Å². The van der Waals surface area contributed by atoms with E-state index < -0.39 is 12.9 Å². The van der Waals surface area contributed by atoms with Crippen molar-refractivity contribution in [2.24, 2.45) is 13.0 Å². The predicted octanol–water partition coefficient (Wildman–Crippen LogP) is 2.54. The van der Waals surface area contributed by atoms with Gasteiger partial charge in [0.15, 0.2) is 5.82 Å². The van der Waals surface area contributed by atoms with Crippen molar-refractivity contribution >= 4 is 34.8 Å². The van der Waals surface area contributed by atoms with Crippen molar-refractivity contribution < 1.29 is 13.7 Å². The van der Waals surface area contributed by atoms with Crippen molar-refractivity contribution in [2.75, 3.05) is 29.6 Å². The van der Waals surface area contributed by atoms with Gasteiger partial charge >= 0.3 is 0 Å². The highest BCUT2D eigenvalue weighted by Gasteiger charge is 2.34. The normalized spacial score (nSPS) is 18.2. The van der Waals surface area contributed by atoms with Crippen LogP contribution in [0.5, 0.6) is 0 Å². The molecule has 5 rings (SSSR count). The van der Waals surface area contributed by atoms with Gasteiger partial charge in [-0.05, 0) is 32.3 Å². The summed E-state index contributed by atoms with van der Waals surface area (Å²) in [6.07, 6.45) is 4.58. The fraction of sp³-hybridized carbons (Fsp3) is 0.391. The van der Waals surface area contributed by atoms with Crippen LogP contribution in [0.25, 0.3) is 11.3 Å². The van der Waals surface area contributed by atoms with E-state index in [1.54, 1.807) is 13.2 Å². The third-order valence-electron chi connectivity index (χ3n) is 6.26. The minimum absolute atomic E-state index is 0.0108. The van der Waals surface area contributed by atoms with E-state index >= 15 is 0 Å². The number of nitrogens with one attached hydrogen (secondary N) is 3. The van der Waals surface area contributed by atoms with Gasteiger partial charge in [-0.2, -0.15) is 15.0 Å². The number of hydrogen-bond donors (Lipinski definition) is 3. The number of anilines is 4. The summed E-state index contributed by atoms with van der Waals surface area (Å²) in [5, 5.41) is 17.1. The number of nitrogens with zero attached hydrogens (tertiary/aromatic N) is 6. The quantitative estimate of drug-likeness (QED) is 0.525. The van der Waals surface area contributed by atoms with Gasteiger partial charge in [0.2, 0.25) is 5.91 Å².